The summed E-state index contributed by atoms with van der Waals surface area (Å²) < 4.78 is 0. The van der Waals surface area contributed by atoms with Crippen LogP contribution in [0.4, 0.5) is 0 Å². The maximum absolute atomic E-state index is 9.18. The molecule has 0 bridgehead atoms. The lowest BCUT2D eigenvalue weighted by atomic mass is 9.87. The lowest BCUT2D eigenvalue weighted by Crippen LogP contribution is -2.36. The molecule has 0 aromatic heterocycles. The fourth-order valence-corrected chi connectivity index (χ4v) is 2.45. The molecular formula is C13H27NO. The van der Waals surface area contributed by atoms with Crippen molar-refractivity contribution in [1.82, 2.24) is 4.90 Å². The van der Waals surface area contributed by atoms with E-state index in [2.05, 4.69) is 18.7 Å². The van der Waals surface area contributed by atoms with E-state index in [0.29, 0.717) is 0 Å². The summed E-state index contributed by atoms with van der Waals surface area (Å²) in [4.78, 5) is 2.56. The fraction of sp³-hybridized carbons (Fsp3) is 1.00. The quantitative estimate of drug-likeness (QED) is 0.758. The zero-order valence-corrected chi connectivity index (χ0v) is 10.6. The molecule has 2 heteroatoms. The molecular weight excluding hydrogens is 186 g/mol. The normalized spacial score (nSPS) is 22.2. The number of nitrogens with zero attached hydrogens (tertiary/aromatic N) is 1. The minimum Gasteiger partial charge on any atom is -0.393 e. The predicted octanol–water partition coefficient (Wildman–Crippen LogP) is 2.52. The molecule has 1 unspecified atom stereocenters. The minimum atomic E-state index is -0.127. The van der Waals surface area contributed by atoms with Crippen molar-refractivity contribution in [2.24, 2.45) is 11.8 Å². The van der Waals surface area contributed by atoms with Crippen LogP contribution in [0.15, 0.2) is 0 Å². The van der Waals surface area contributed by atoms with E-state index >= 15 is 0 Å². The van der Waals surface area contributed by atoms with Crippen LogP contribution in [0.2, 0.25) is 0 Å². The van der Waals surface area contributed by atoms with Crippen molar-refractivity contribution < 1.29 is 5.11 Å². The number of piperidine rings is 1. The van der Waals surface area contributed by atoms with Crippen LogP contribution in [-0.4, -0.2) is 35.7 Å². The number of rotatable bonds is 5. The van der Waals surface area contributed by atoms with E-state index in [1.807, 2.05) is 6.92 Å². The summed E-state index contributed by atoms with van der Waals surface area (Å²) in [7, 11) is 0. The van der Waals surface area contributed by atoms with Gasteiger partial charge in [0.25, 0.3) is 0 Å². The van der Waals surface area contributed by atoms with Crippen LogP contribution < -0.4 is 0 Å². The van der Waals surface area contributed by atoms with Crippen molar-refractivity contribution in [2.75, 3.05) is 19.6 Å². The van der Waals surface area contributed by atoms with Gasteiger partial charge in [-0.15, -0.1) is 0 Å². The highest BCUT2D eigenvalue weighted by atomic mass is 16.3. The number of aliphatic hydroxyl groups excluding tert-OH is 1. The molecule has 90 valence electrons. The highest BCUT2D eigenvalue weighted by Gasteiger charge is 2.20. The molecule has 2 nitrogen and oxygen atoms in total. The molecule has 15 heavy (non-hydrogen) atoms. The van der Waals surface area contributed by atoms with E-state index in [4.69, 9.17) is 0 Å². The lowest BCUT2D eigenvalue weighted by Gasteiger charge is -2.33. The van der Waals surface area contributed by atoms with Crippen LogP contribution >= 0.6 is 0 Å². The molecule has 1 atom stereocenters. The lowest BCUT2D eigenvalue weighted by molar-refractivity contribution is 0.139. The van der Waals surface area contributed by atoms with Crippen molar-refractivity contribution in [3.05, 3.63) is 0 Å². The monoisotopic (exact) mass is 213 g/mol. The first kappa shape index (κ1) is 13.0. The van der Waals surface area contributed by atoms with E-state index in [1.165, 1.54) is 32.5 Å². The van der Waals surface area contributed by atoms with Crippen LogP contribution in [0, 0.1) is 11.8 Å². The molecule has 1 N–H and O–H groups in total. The highest BCUT2D eigenvalue weighted by Crippen LogP contribution is 2.24. The first-order valence-corrected chi connectivity index (χ1v) is 6.50. The summed E-state index contributed by atoms with van der Waals surface area (Å²) in [5, 5.41) is 9.18. The standard InChI is InChI=1S/C13H27NO/c1-11(2)13-6-9-14(10-7-13)8-4-5-12(3)15/h11-13,15H,4-10H2,1-3H3. The van der Waals surface area contributed by atoms with Gasteiger partial charge in [-0.25, -0.2) is 0 Å². The maximum Gasteiger partial charge on any atom is 0.0512 e. The molecule has 0 aliphatic carbocycles. The van der Waals surface area contributed by atoms with Gasteiger partial charge >= 0.3 is 0 Å². The van der Waals surface area contributed by atoms with Crippen LogP contribution in [0.25, 0.3) is 0 Å². The Hall–Kier alpha value is -0.0800. The van der Waals surface area contributed by atoms with Crippen molar-refractivity contribution in [1.29, 1.82) is 0 Å². The van der Waals surface area contributed by atoms with Gasteiger partial charge in [0.05, 0.1) is 6.10 Å². The maximum atomic E-state index is 9.18. The van der Waals surface area contributed by atoms with Gasteiger partial charge in [0, 0.05) is 0 Å². The van der Waals surface area contributed by atoms with Crippen LogP contribution in [0.3, 0.4) is 0 Å². The summed E-state index contributed by atoms with van der Waals surface area (Å²) in [6, 6.07) is 0. The van der Waals surface area contributed by atoms with E-state index in [0.717, 1.165) is 24.7 Å². The van der Waals surface area contributed by atoms with Gasteiger partial charge in [-0.2, -0.15) is 0 Å². The second-order valence-corrected chi connectivity index (χ2v) is 5.41. The fourth-order valence-electron chi connectivity index (χ4n) is 2.45. The molecule has 1 rings (SSSR count). The molecule has 0 aromatic carbocycles. The topological polar surface area (TPSA) is 23.5 Å². The molecule has 0 saturated carbocycles. The Bertz CT molecular complexity index is 157. The van der Waals surface area contributed by atoms with Gasteiger partial charge in [0.15, 0.2) is 0 Å². The average Bonchev–Trinajstić information content (AvgIpc) is 2.18. The van der Waals surface area contributed by atoms with Gasteiger partial charge in [-0.3, -0.25) is 0 Å². The van der Waals surface area contributed by atoms with Gasteiger partial charge in [-0.05, 0) is 64.1 Å². The molecule has 1 heterocycles. The molecule has 0 radical (unpaired) electrons. The summed E-state index contributed by atoms with van der Waals surface area (Å²) in [6.45, 7) is 10.3. The Morgan fingerprint density at radius 3 is 2.27 bits per heavy atom. The number of hydrogen-bond acceptors (Lipinski definition) is 2. The Balaban J connectivity index is 2.09. The van der Waals surface area contributed by atoms with Crippen LogP contribution in [0.1, 0.15) is 46.5 Å². The molecule has 1 aliphatic rings. The van der Waals surface area contributed by atoms with E-state index in [-0.39, 0.29) is 6.10 Å². The zero-order valence-electron chi connectivity index (χ0n) is 10.6. The Morgan fingerprint density at radius 2 is 1.80 bits per heavy atom. The largest absolute Gasteiger partial charge is 0.393 e. The molecule has 1 aliphatic heterocycles. The zero-order chi connectivity index (χ0) is 11.3. The Kier molecular flexibility index (Phi) is 5.62. The second kappa shape index (κ2) is 6.49. The third kappa shape index (κ3) is 4.98. The van der Waals surface area contributed by atoms with E-state index in [1.54, 1.807) is 0 Å². The minimum absolute atomic E-state index is 0.127. The first-order valence-electron chi connectivity index (χ1n) is 6.50. The van der Waals surface area contributed by atoms with Gasteiger partial charge in [0.1, 0.15) is 0 Å². The van der Waals surface area contributed by atoms with Crippen molar-refractivity contribution in [3.63, 3.8) is 0 Å². The van der Waals surface area contributed by atoms with Crippen molar-refractivity contribution in [3.8, 4) is 0 Å². The first-order chi connectivity index (χ1) is 7.09. The molecule has 0 aromatic rings. The van der Waals surface area contributed by atoms with Gasteiger partial charge in [0.2, 0.25) is 0 Å². The Morgan fingerprint density at radius 1 is 1.20 bits per heavy atom. The summed E-state index contributed by atoms with van der Waals surface area (Å²) >= 11 is 0. The van der Waals surface area contributed by atoms with E-state index in [9.17, 15) is 5.11 Å². The Labute approximate surface area is 94.7 Å². The number of aliphatic hydroxyl groups is 1. The third-order valence-electron chi connectivity index (χ3n) is 3.67. The van der Waals surface area contributed by atoms with E-state index < -0.39 is 0 Å². The van der Waals surface area contributed by atoms with Crippen LogP contribution in [-0.2, 0) is 0 Å². The number of hydrogen-bond donors (Lipinski definition) is 1. The molecule has 0 amide bonds. The molecule has 1 saturated heterocycles. The smallest absolute Gasteiger partial charge is 0.0512 e. The predicted molar refractivity (Wildman–Crippen MR) is 64.9 cm³/mol. The molecule has 1 fully saturated rings. The summed E-state index contributed by atoms with van der Waals surface area (Å²) in [5.74, 6) is 1.79. The van der Waals surface area contributed by atoms with Gasteiger partial charge < -0.3 is 10.0 Å². The second-order valence-electron chi connectivity index (χ2n) is 5.41. The SMILES string of the molecule is CC(O)CCCN1CCC(C(C)C)CC1. The van der Waals surface area contributed by atoms with Crippen LogP contribution in [0.5, 0.6) is 0 Å². The molecule has 0 spiro atoms. The highest BCUT2D eigenvalue weighted by molar-refractivity contribution is 4.74. The summed E-state index contributed by atoms with van der Waals surface area (Å²) in [5.41, 5.74) is 0. The van der Waals surface area contributed by atoms with Crippen molar-refractivity contribution >= 4 is 0 Å². The average molecular weight is 213 g/mol. The van der Waals surface area contributed by atoms with Crippen molar-refractivity contribution in [2.45, 2.75) is 52.6 Å². The van der Waals surface area contributed by atoms with Gasteiger partial charge in [-0.1, -0.05) is 13.8 Å². The third-order valence-corrected chi connectivity index (χ3v) is 3.67. The summed E-state index contributed by atoms with van der Waals surface area (Å²) in [6.07, 6.45) is 4.70. The number of likely N-dealkylation sites (tertiary alicyclic amines) is 1.